The van der Waals surface area contributed by atoms with Gasteiger partial charge in [0, 0.05) is 54.7 Å². The van der Waals surface area contributed by atoms with Crippen molar-refractivity contribution in [2.24, 2.45) is 5.92 Å². The van der Waals surface area contributed by atoms with Gasteiger partial charge in [-0.05, 0) is 54.9 Å². The van der Waals surface area contributed by atoms with E-state index in [9.17, 15) is 9.59 Å². The van der Waals surface area contributed by atoms with Crippen LogP contribution in [-0.4, -0.2) is 61.4 Å². The van der Waals surface area contributed by atoms with E-state index in [0.29, 0.717) is 17.1 Å². The topological polar surface area (TPSA) is 64.7 Å². The summed E-state index contributed by atoms with van der Waals surface area (Å²) in [6.45, 7) is 5.87. The number of fused-ring (bicyclic) bond motifs is 1. The highest BCUT2D eigenvalue weighted by molar-refractivity contribution is 6.33. The summed E-state index contributed by atoms with van der Waals surface area (Å²) in [4.78, 5) is 30.3. The smallest absolute Gasteiger partial charge is 0.256 e. The molecule has 1 saturated heterocycles. The summed E-state index contributed by atoms with van der Waals surface area (Å²) >= 11 is 6.07. The Morgan fingerprint density at radius 1 is 1.09 bits per heavy atom. The molecule has 2 aromatic rings. The van der Waals surface area contributed by atoms with E-state index in [2.05, 4.69) is 22.6 Å². The van der Waals surface area contributed by atoms with Gasteiger partial charge in [-0.15, -0.1) is 0 Å². The normalized spacial score (nSPS) is 21.9. The second-order valence-electron chi connectivity index (χ2n) is 8.91. The zero-order chi connectivity index (χ0) is 23.1. The standard InChI is InChI=1S/C26H27ClN4O2/c1-16-21(26(33)31-12-10-30(2)11-13-31)15-28-23(16)14-20-24-19(17-6-8-18(27)9-7-17)4-3-5-22(24)29-25(20)32/h3-9,14,21,28H,10-13,15H2,1-2H3,(H,29,32)/b20-14-. The molecule has 1 unspecified atom stereocenters. The van der Waals surface area contributed by atoms with E-state index in [4.69, 9.17) is 11.6 Å². The molecule has 6 nitrogen and oxygen atoms in total. The lowest BCUT2D eigenvalue weighted by Crippen LogP contribution is -2.49. The molecule has 2 amide bonds. The van der Waals surface area contributed by atoms with Crippen molar-refractivity contribution in [3.05, 3.63) is 70.4 Å². The van der Waals surface area contributed by atoms with Crippen molar-refractivity contribution >= 4 is 34.7 Å². The molecule has 3 aliphatic heterocycles. The van der Waals surface area contributed by atoms with Gasteiger partial charge >= 0.3 is 0 Å². The molecular weight excluding hydrogens is 436 g/mol. The maximum atomic E-state index is 13.2. The minimum atomic E-state index is -0.198. The number of hydrogen-bond acceptors (Lipinski definition) is 4. The molecule has 3 aliphatic rings. The van der Waals surface area contributed by atoms with Crippen LogP contribution in [0.3, 0.4) is 0 Å². The van der Waals surface area contributed by atoms with Gasteiger partial charge in [-0.1, -0.05) is 35.9 Å². The third-order valence-electron chi connectivity index (χ3n) is 6.83. The molecule has 0 aliphatic carbocycles. The van der Waals surface area contributed by atoms with Gasteiger partial charge < -0.3 is 20.4 Å². The van der Waals surface area contributed by atoms with Gasteiger partial charge in [0.15, 0.2) is 0 Å². The second kappa shape index (κ2) is 8.69. The Bertz CT molecular complexity index is 1180. The summed E-state index contributed by atoms with van der Waals surface area (Å²) in [5.41, 5.74) is 6.07. The zero-order valence-electron chi connectivity index (χ0n) is 18.8. The monoisotopic (exact) mass is 462 g/mol. The molecule has 3 heterocycles. The molecule has 0 saturated carbocycles. The lowest BCUT2D eigenvalue weighted by atomic mass is 9.93. The van der Waals surface area contributed by atoms with Crippen LogP contribution >= 0.6 is 11.6 Å². The van der Waals surface area contributed by atoms with Crippen LogP contribution in [0.25, 0.3) is 16.7 Å². The Labute approximate surface area is 198 Å². The van der Waals surface area contributed by atoms with Crippen molar-refractivity contribution in [1.29, 1.82) is 0 Å². The Hall–Kier alpha value is -3.09. The first-order valence-corrected chi connectivity index (χ1v) is 11.6. The average molecular weight is 463 g/mol. The van der Waals surface area contributed by atoms with Crippen molar-refractivity contribution in [1.82, 2.24) is 15.1 Å². The number of carbonyl (C=O) groups is 2. The number of nitrogens with zero attached hydrogens (tertiary/aromatic N) is 2. The molecule has 5 rings (SSSR count). The van der Waals surface area contributed by atoms with Crippen LogP contribution in [0.5, 0.6) is 0 Å². The lowest BCUT2D eigenvalue weighted by Gasteiger charge is -2.34. The quantitative estimate of drug-likeness (QED) is 0.684. The highest BCUT2D eigenvalue weighted by Crippen LogP contribution is 2.40. The first-order valence-electron chi connectivity index (χ1n) is 11.3. The van der Waals surface area contributed by atoms with E-state index < -0.39 is 0 Å². The molecule has 0 spiro atoms. The summed E-state index contributed by atoms with van der Waals surface area (Å²) in [6, 6.07) is 13.5. The predicted octanol–water partition coefficient (Wildman–Crippen LogP) is 3.61. The SMILES string of the molecule is CC1=C(/C=C2\C(=O)Nc3cccc(-c4ccc(Cl)cc4)c32)NCC1C(=O)N1CCN(C)CC1. The van der Waals surface area contributed by atoms with E-state index in [1.54, 1.807) is 0 Å². The summed E-state index contributed by atoms with van der Waals surface area (Å²) in [7, 11) is 2.08. The van der Waals surface area contributed by atoms with Crippen molar-refractivity contribution in [2.75, 3.05) is 45.1 Å². The van der Waals surface area contributed by atoms with Gasteiger partial charge in [0.25, 0.3) is 5.91 Å². The number of piperazine rings is 1. The maximum Gasteiger partial charge on any atom is 0.256 e. The number of rotatable bonds is 3. The maximum absolute atomic E-state index is 13.2. The largest absolute Gasteiger partial charge is 0.384 e. The number of carbonyl (C=O) groups excluding carboxylic acids is 2. The molecule has 33 heavy (non-hydrogen) atoms. The molecule has 2 aromatic carbocycles. The summed E-state index contributed by atoms with van der Waals surface area (Å²) in [6.07, 6.45) is 1.90. The van der Waals surface area contributed by atoms with Crippen LogP contribution in [0.15, 0.2) is 59.8 Å². The molecule has 2 N–H and O–H groups in total. The summed E-state index contributed by atoms with van der Waals surface area (Å²) in [5, 5.41) is 7.03. The molecule has 0 aromatic heterocycles. The van der Waals surface area contributed by atoms with Crippen LogP contribution in [0.1, 0.15) is 12.5 Å². The van der Waals surface area contributed by atoms with Crippen LogP contribution < -0.4 is 10.6 Å². The third-order valence-corrected chi connectivity index (χ3v) is 7.08. The average Bonchev–Trinajstić information content (AvgIpc) is 3.34. The summed E-state index contributed by atoms with van der Waals surface area (Å²) < 4.78 is 0. The van der Waals surface area contributed by atoms with Gasteiger partial charge in [0.2, 0.25) is 5.91 Å². The number of benzene rings is 2. The van der Waals surface area contributed by atoms with Crippen LogP contribution in [-0.2, 0) is 9.59 Å². The molecule has 0 radical (unpaired) electrons. The Morgan fingerprint density at radius 3 is 2.55 bits per heavy atom. The van der Waals surface area contributed by atoms with E-state index in [-0.39, 0.29) is 17.7 Å². The Morgan fingerprint density at radius 2 is 1.82 bits per heavy atom. The van der Waals surface area contributed by atoms with Gasteiger partial charge in [-0.2, -0.15) is 0 Å². The number of nitrogens with one attached hydrogen (secondary N) is 2. The molecule has 170 valence electrons. The first kappa shape index (κ1) is 21.7. The van der Waals surface area contributed by atoms with Crippen LogP contribution in [0.4, 0.5) is 5.69 Å². The lowest BCUT2D eigenvalue weighted by molar-refractivity contribution is -0.135. The fourth-order valence-electron chi connectivity index (χ4n) is 4.78. The Balaban J connectivity index is 1.48. The molecule has 0 bridgehead atoms. The van der Waals surface area contributed by atoms with Crippen molar-refractivity contribution in [3.63, 3.8) is 0 Å². The van der Waals surface area contributed by atoms with Crippen LogP contribution in [0, 0.1) is 5.92 Å². The molecule has 7 heteroatoms. The molecule has 1 atom stereocenters. The van der Waals surface area contributed by atoms with E-state index in [1.807, 2.05) is 60.4 Å². The fraction of sp³-hybridized carbons (Fsp3) is 0.308. The number of halogens is 1. The number of anilines is 1. The zero-order valence-corrected chi connectivity index (χ0v) is 19.6. The predicted molar refractivity (Wildman–Crippen MR) is 132 cm³/mol. The number of allylic oxidation sites excluding steroid dienone is 1. The van der Waals surface area contributed by atoms with E-state index in [0.717, 1.165) is 59.8 Å². The molecule has 1 fully saturated rings. The number of likely N-dealkylation sites (N-methyl/N-ethyl adjacent to an activating group) is 1. The number of hydrogen-bond donors (Lipinski definition) is 2. The third kappa shape index (κ3) is 4.05. The van der Waals surface area contributed by atoms with Crippen molar-refractivity contribution in [2.45, 2.75) is 6.92 Å². The highest BCUT2D eigenvalue weighted by Gasteiger charge is 2.34. The van der Waals surface area contributed by atoms with Gasteiger partial charge in [0.1, 0.15) is 0 Å². The fourth-order valence-corrected chi connectivity index (χ4v) is 4.90. The van der Waals surface area contributed by atoms with Crippen molar-refractivity contribution in [3.8, 4) is 11.1 Å². The van der Waals surface area contributed by atoms with Crippen LogP contribution in [0.2, 0.25) is 5.02 Å². The Kier molecular flexibility index (Phi) is 5.72. The number of amides is 2. The minimum Gasteiger partial charge on any atom is -0.384 e. The summed E-state index contributed by atoms with van der Waals surface area (Å²) in [5.74, 6) is -0.169. The molecular formula is C26H27ClN4O2. The van der Waals surface area contributed by atoms with E-state index >= 15 is 0 Å². The van der Waals surface area contributed by atoms with Gasteiger partial charge in [0.05, 0.1) is 11.5 Å². The van der Waals surface area contributed by atoms with Crippen molar-refractivity contribution < 1.29 is 9.59 Å². The van der Waals surface area contributed by atoms with E-state index in [1.165, 1.54) is 0 Å². The minimum absolute atomic E-state index is 0.137. The van der Waals surface area contributed by atoms with Gasteiger partial charge in [-0.3, -0.25) is 9.59 Å². The first-order chi connectivity index (χ1) is 15.9. The highest BCUT2D eigenvalue weighted by atomic mass is 35.5. The second-order valence-corrected chi connectivity index (χ2v) is 9.34. The van der Waals surface area contributed by atoms with Gasteiger partial charge in [-0.25, -0.2) is 0 Å².